The first-order chi connectivity index (χ1) is 12.6. The molecule has 1 aliphatic heterocycles. The van der Waals surface area contributed by atoms with Gasteiger partial charge in [-0.1, -0.05) is 12.1 Å². The third kappa shape index (κ3) is 4.11. The van der Waals surface area contributed by atoms with E-state index >= 15 is 0 Å². The Labute approximate surface area is 152 Å². The minimum atomic E-state index is -1.25. The Morgan fingerprint density at radius 2 is 2.04 bits per heavy atom. The van der Waals surface area contributed by atoms with Crippen molar-refractivity contribution in [2.24, 2.45) is 0 Å². The molecule has 0 spiro atoms. The highest BCUT2D eigenvalue weighted by Crippen LogP contribution is 2.28. The summed E-state index contributed by atoms with van der Waals surface area (Å²) in [6, 6.07) is 5.38. The maximum Gasteiger partial charge on any atom is 0.256 e. The average Bonchev–Trinajstić information content (AvgIpc) is 3.14. The Balaban J connectivity index is 1.59. The maximum absolute atomic E-state index is 13.0. The van der Waals surface area contributed by atoms with Gasteiger partial charge in [-0.25, -0.2) is 9.37 Å². The van der Waals surface area contributed by atoms with Crippen LogP contribution in [0.15, 0.2) is 36.7 Å². The van der Waals surface area contributed by atoms with Crippen LogP contribution in [-0.4, -0.2) is 52.3 Å². The summed E-state index contributed by atoms with van der Waals surface area (Å²) in [5, 5.41) is 10.3. The van der Waals surface area contributed by atoms with Crippen molar-refractivity contribution in [3.8, 4) is 0 Å². The number of rotatable bonds is 6. The molecule has 140 valence electrons. The summed E-state index contributed by atoms with van der Waals surface area (Å²) in [5.74, 6) is 0.582. The van der Waals surface area contributed by atoms with Gasteiger partial charge in [-0.2, -0.15) is 0 Å². The van der Waals surface area contributed by atoms with Crippen molar-refractivity contribution in [3.05, 3.63) is 53.9 Å². The molecule has 1 amide bonds. The zero-order valence-corrected chi connectivity index (χ0v) is 14.8. The summed E-state index contributed by atoms with van der Waals surface area (Å²) in [6.07, 6.45) is 4.08. The number of likely N-dealkylation sites (tertiary alicyclic amines) is 1. The molecule has 1 aliphatic rings. The van der Waals surface area contributed by atoms with Crippen LogP contribution in [0.4, 0.5) is 4.39 Å². The quantitative estimate of drug-likeness (QED) is 0.856. The van der Waals surface area contributed by atoms with Crippen LogP contribution in [-0.2, 0) is 16.1 Å². The number of halogens is 1. The van der Waals surface area contributed by atoms with Crippen LogP contribution in [0.1, 0.15) is 36.3 Å². The van der Waals surface area contributed by atoms with Crippen LogP contribution in [0, 0.1) is 5.82 Å². The Morgan fingerprint density at radius 3 is 2.69 bits per heavy atom. The first-order valence-electron chi connectivity index (χ1n) is 8.82. The van der Waals surface area contributed by atoms with Crippen LogP contribution in [0.3, 0.4) is 0 Å². The third-order valence-corrected chi connectivity index (χ3v) is 4.88. The van der Waals surface area contributed by atoms with Crippen molar-refractivity contribution in [1.82, 2.24) is 14.5 Å². The predicted molar refractivity (Wildman–Crippen MR) is 94.0 cm³/mol. The van der Waals surface area contributed by atoms with E-state index < -0.39 is 11.9 Å². The minimum absolute atomic E-state index is 0.286. The Morgan fingerprint density at radius 1 is 1.35 bits per heavy atom. The van der Waals surface area contributed by atoms with Gasteiger partial charge in [0, 0.05) is 45.1 Å². The highest BCUT2D eigenvalue weighted by atomic mass is 19.1. The number of methoxy groups -OCH3 is 1. The van der Waals surface area contributed by atoms with Gasteiger partial charge in [0.25, 0.3) is 5.91 Å². The standard InChI is InChI=1S/C19H24FN3O3/c1-26-13-12-22-11-8-21-18(22)15-6-9-23(10-7-15)19(25)17(24)14-2-4-16(20)5-3-14/h2-5,8,11,15,17,24H,6-7,9-10,12-13H2,1H3/t17-/m1/s1. The molecule has 1 aromatic heterocycles. The Hall–Kier alpha value is -2.25. The smallest absolute Gasteiger partial charge is 0.256 e. The van der Waals surface area contributed by atoms with Gasteiger partial charge < -0.3 is 19.3 Å². The summed E-state index contributed by atoms with van der Waals surface area (Å²) in [5.41, 5.74) is 0.411. The molecule has 26 heavy (non-hydrogen) atoms. The number of aliphatic hydroxyl groups excluding tert-OH is 1. The minimum Gasteiger partial charge on any atom is -0.383 e. The summed E-state index contributed by atoms with van der Waals surface area (Å²) < 4.78 is 20.2. The van der Waals surface area contributed by atoms with Crippen LogP contribution in [0.2, 0.25) is 0 Å². The molecule has 0 bridgehead atoms. The van der Waals surface area contributed by atoms with Crippen LogP contribution in [0.5, 0.6) is 0 Å². The van der Waals surface area contributed by atoms with Crippen LogP contribution >= 0.6 is 0 Å². The Kier molecular flexibility index (Phi) is 6.00. The topological polar surface area (TPSA) is 67.6 Å². The highest BCUT2D eigenvalue weighted by Gasteiger charge is 2.30. The number of aliphatic hydroxyl groups is 1. The van der Waals surface area contributed by atoms with E-state index in [0.29, 0.717) is 25.3 Å². The van der Waals surface area contributed by atoms with Crippen molar-refractivity contribution in [2.75, 3.05) is 26.8 Å². The number of piperidine rings is 1. The van der Waals surface area contributed by atoms with E-state index in [9.17, 15) is 14.3 Å². The number of hydrogen-bond acceptors (Lipinski definition) is 4. The molecule has 1 fully saturated rings. The molecule has 1 aromatic carbocycles. The fourth-order valence-electron chi connectivity index (χ4n) is 3.38. The number of nitrogens with zero attached hydrogens (tertiary/aromatic N) is 3. The number of aromatic nitrogens is 2. The number of benzene rings is 1. The fraction of sp³-hybridized carbons (Fsp3) is 0.474. The molecule has 0 saturated carbocycles. The zero-order valence-electron chi connectivity index (χ0n) is 14.8. The zero-order chi connectivity index (χ0) is 18.5. The molecule has 2 heterocycles. The van der Waals surface area contributed by atoms with Gasteiger partial charge in [-0.05, 0) is 30.5 Å². The van der Waals surface area contributed by atoms with E-state index in [1.54, 1.807) is 18.2 Å². The van der Waals surface area contributed by atoms with Crippen molar-refractivity contribution in [2.45, 2.75) is 31.4 Å². The fourth-order valence-corrected chi connectivity index (χ4v) is 3.38. The van der Waals surface area contributed by atoms with Gasteiger partial charge >= 0.3 is 0 Å². The van der Waals surface area contributed by atoms with E-state index in [-0.39, 0.29) is 11.8 Å². The molecule has 1 saturated heterocycles. The number of imidazole rings is 1. The average molecular weight is 361 g/mol. The van der Waals surface area contributed by atoms with Gasteiger partial charge in [0.2, 0.25) is 0 Å². The van der Waals surface area contributed by atoms with Gasteiger partial charge in [0.1, 0.15) is 11.6 Å². The lowest BCUT2D eigenvalue weighted by atomic mass is 9.95. The normalized spacial score (nSPS) is 16.7. The molecule has 0 unspecified atom stereocenters. The van der Waals surface area contributed by atoms with Gasteiger partial charge in [-0.3, -0.25) is 4.79 Å². The van der Waals surface area contributed by atoms with Crippen LogP contribution < -0.4 is 0 Å². The van der Waals surface area contributed by atoms with Crippen molar-refractivity contribution in [1.29, 1.82) is 0 Å². The molecular weight excluding hydrogens is 337 g/mol. The first-order valence-corrected chi connectivity index (χ1v) is 8.82. The van der Waals surface area contributed by atoms with Gasteiger partial charge in [0.05, 0.1) is 6.61 Å². The maximum atomic E-state index is 13.0. The van der Waals surface area contributed by atoms with Crippen molar-refractivity contribution in [3.63, 3.8) is 0 Å². The molecule has 1 N–H and O–H groups in total. The van der Waals surface area contributed by atoms with Crippen LogP contribution in [0.25, 0.3) is 0 Å². The lowest BCUT2D eigenvalue weighted by Gasteiger charge is -2.33. The van der Waals surface area contributed by atoms with E-state index in [2.05, 4.69) is 9.55 Å². The van der Waals surface area contributed by atoms with Crippen molar-refractivity contribution >= 4 is 5.91 Å². The Bertz CT molecular complexity index is 724. The highest BCUT2D eigenvalue weighted by molar-refractivity contribution is 5.82. The van der Waals surface area contributed by atoms with E-state index in [1.807, 2.05) is 6.20 Å². The monoisotopic (exact) mass is 361 g/mol. The second-order valence-corrected chi connectivity index (χ2v) is 6.53. The number of carbonyl (C=O) groups excluding carboxylic acids is 1. The largest absolute Gasteiger partial charge is 0.383 e. The second-order valence-electron chi connectivity index (χ2n) is 6.53. The number of ether oxygens (including phenoxy) is 1. The lowest BCUT2D eigenvalue weighted by molar-refractivity contribution is -0.141. The third-order valence-electron chi connectivity index (χ3n) is 4.88. The molecule has 2 aromatic rings. The molecule has 6 nitrogen and oxygen atoms in total. The molecule has 7 heteroatoms. The predicted octanol–water partition coefficient (Wildman–Crippen LogP) is 2.11. The lowest BCUT2D eigenvalue weighted by Crippen LogP contribution is -2.41. The molecular formula is C19H24FN3O3. The van der Waals surface area contributed by atoms with E-state index in [0.717, 1.165) is 25.2 Å². The SMILES string of the molecule is COCCn1ccnc1C1CCN(C(=O)[C@H](O)c2ccc(F)cc2)CC1. The molecule has 0 radical (unpaired) electrons. The first kappa shape index (κ1) is 18.5. The molecule has 1 atom stereocenters. The number of carbonyl (C=O) groups is 1. The summed E-state index contributed by atoms with van der Waals surface area (Å²) in [7, 11) is 1.67. The van der Waals surface area contributed by atoms with Gasteiger partial charge in [0.15, 0.2) is 6.10 Å². The summed E-state index contributed by atoms with van der Waals surface area (Å²) in [4.78, 5) is 18.7. The van der Waals surface area contributed by atoms with E-state index in [1.165, 1.54) is 24.3 Å². The molecule has 3 rings (SSSR count). The van der Waals surface area contributed by atoms with Gasteiger partial charge in [-0.15, -0.1) is 0 Å². The number of amides is 1. The summed E-state index contributed by atoms with van der Waals surface area (Å²) >= 11 is 0. The van der Waals surface area contributed by atoms with Crippen molar-refractivity contribution < 1.29 is 19.0 Å². The second kappa shape index (κ2) is 8.42. The number of hydrogen-bond donors (Lipinski definition) is 1. The molecule has 0 aliphatic carbocycles. The summed E-state index contributed by atoms with van der Waals surface area (Å²) in [6.45, 7) is 2.52. The van der Waals surface area contributed by atoms with E-state index in [4.69, 9.17) is 4.74 Å².